The molecule has 4 unspecified atom stereocenters. The molecule has 4 atom stereocenters. The Morgan fingerprint density at radius 1 is 0.972 bits per heavy atom. The summed E-state index contributed by atoms with van der Waals surface area (Å²) < 4.78 is 0. The van der Waals surface area contributed by atoms with Crippen LogP contribution in [0.3, 0.4) is 0 Å². The third-order valence-electron chi connectivity index (χ3n) is 5.11. The van der Waals surface area contributed by atoms with E-state index in [1.165, 1.54) is 31.6 Å². The van der Waals surface area contributed by atoms with Crippen molar-refractivity contribution in [2.75, 3.05) is 0 Å². The molecule has 1 heterocycles. The number of carbonyl (C=O) groups is 5. The first-order valence-electron chi connectivity index (χ1n) is 10.9. The van der Waals surface area contributed by atoms with Crippen LogP contribution >= 0.6 is 0 Å². The van der Waals surface area contributed by atoms with Crippen molar-refractivity contribution in [1.29, 1.82) is 0 Å². The first kappa shape index (κ1) is 27.8. The normalized spacial score (nSPS) is 14.1. The predicted molar refractivity (Wildman–Crippen MR) is 125 cm³/mol. The summed E-state index contributed by atoms with van der Waals surface area (Å²) in [5.41, 5.74) is 12.3. The summed E-state index contributed by atoms with van der Waals surface area (Å²) in [6.45, 7) is 1.25. The lowest BCUT2D eigenvalue weighted by atomic mass is 10.0. The molecule has 0 radical (unpaired) electrons. The third-order valence-corrected chi connectivity index (χ3v) is 5.11. The Morgan fingerprint density at radius 2 is 1.58 bits per heavy atom. The molecule has 36 heavy (non-hydrogen) atoms. The number of nitrogens with zero attached hydrogens (tertiary/aromatic N) is 1. The zero-order valence-corrected chi connectivity index (χ0v) is 19.4. The molecule has 10 N–H and O–H groups in total. The van der Waals surface area contributed by atoms with Crippen molar-refractivity contribution in [2.24, 2.45) is 11.5 Å². The van der Waals surface area contributed by atoms with E-state index < -0.39 is 60.2 Å². The largest absolute Gasteiger partial charge is 0.508 e. The molecule has 14 heteroatoms. The van der Waals surface area contributed by atoms with E-state index in [1.54, 1.807) is 12.1 Å². The molecular formula is C22H29N7O7. The van der Waals surface area contributed by atoms with Gasteiger partial charge in [0.1, 0.15) is 23.9 Å². The van der Waals surface area contributed by atoms with Gasteiger partial charge >= 0.3 is 5.97 Å². The van der Waals surface area contributed by atoms with Crippen molar-refractivity contribution in [3.63, 3.8) is 0 Å². The van der Waals surface area contributed by atoms with Crippen molar-refractivity contribution < 1.29 is 34.2 Å². The maximum atomic E-state index is 13.0. The van der Waals surface area contributed by atoms with Gasteiger partial charge < -0.3 is 42.6 Å². The molecule has 2 rings (SSSR count). The molecule has 2 aromatic rings. The molecule has 0 saturated heterocycles. The number of aliphatic carboxylic acids is 1. The monoisotopic (exact) mass is 503 g/mol. The zero-order valence-electron chi connectivity index (χ0n) is 19.4. The van der Waals surface area contributed by atoms with Crippen LogP contribution in [0, 0.1) is 0 Å². The van der Waals surface area contributed by atoms with Crippen LogP contribution in [0.15, 0.2) is 36.8 Å². The zero-order chi connectivity index (χ0) is 26.8. The van der Waals surface area contributed by atoms with Crippen molar-refractivity contribution >= 4 is 29.6 Å². The summed E-state index contributed by atoms with van der Waals surface area (Å²) >= 11 is 0. The van der Waals surface area contributed by atoms with E-state index in [1.807, 2.05) is 0 Å². The Kier molecular flexibility index (Phi) is 9.92. The standard InChI is InChI=1S/C22H29N7O7/c1-11(22(35)36)27-20(33)16(7-13-9-25-10-26-13)29-21(34)17(8-18(24)31)28-19(32)15(23)6-12-2-4-14(30)5-3-12/h2-5,9-11,15-17,30H,6-8,23H2,1H3,(H2,24,31)(H,25,26)(H,27,33)(H,28,32)(H,29,34)(H,35,36). The van der Waals surface area contributed by atoms with Crippen LogP contribution in [0.25, 0.3) is 0 Å². The number of benzene rings is 1. The fourth-order valence-corrected chi connectivity index (χ4v) is 3.14. The fourth-order valence-electron chi connectivity index (χ4n) is 3.14. The predicted octanol–water partition coefficient (Wildman–Crippen LogP) is -2.34. The minimum atomic E-state index is -1.45. The van der Waals surface area contributed by atoms with Gasteiger partial charge in [0.05, 0.1) is 18.8 Å². The Hall–Kier alpha value is -4.46. The Balaban J connectivity index is 2.13. The van der Waals surface area contributed by atoms with Gasteiger partial charge in [-0.05, 0) is 31.0 Å². The van der Waals surface area contributed by atoms with Crippen LogP contribution in [0.2, 0.25) is 0 Å². The number of H-pyrrole nitrogens is 1. The maximum Gasteiger partial charge on any atom is 0.325 e. The minimum Gasteiger partial charge on any atom is -0.508 e. The lowest BCUT2D eigenvalue weighted by Gasteiger charge is -2.24. The lowest BCUT2D eigenvalue weighted by Crippen LogP contribution is -2.58. The number of hydrogen-bond acceptors (Lipinski definition) is 8. The number of imidazole rings is 1. The lowest BCUT2D eigenvalue weighted by molar-refractivity contribution is -0.142. The molecule has 1 aromatic carbocycles. The van der Waals surface area contributed by atoms with Gasteiger partial charge in [0.2, 0.25) is 23.6 Å². The van der Waals surface area contributed by atoms with E-state index in [2.05, 4.69) is 25.9 Å². The number of hydrogen-bond donors (Lipinski definition) is 8. The molecule has 194 valence electrons. The molecule has 4 amide bonds. The van der Waals surface area contributed by atoms with Gasteiger partial charge in [0.25, 0.3) is 0 Å². The molecule has 0 saturated carbocycles. The number of amides is 4. The van der Waals surface area contributed by atoms with Gasteiger partial charge in [-0.2, -0.15) is 0 Å². The number of phenols is 1. The number of carboxylic acids is 1. The number of aromatic hydroxyl groups is 1. The van der Waals surface area contributed by atoms with Gasteiger partial charge in [-0.3, -0.25) is 24.0 Å². The van der Waals surface area contributed by atoms with Gasteiger partial charge in [-0.15, -0.1) is 0 Å². The second kappa shape index (κ2) is 12.9. The first-order valence-corrected chi connectivity index (χ1v) is 10.9. The quantitative estimate of drug-likeness (QED) is 0.146. The highest BCUT2D eigenvalue weighted by molar-refractivity contribution is 5.96. The number of nitrogens with two attached hydrogens (primary N) is 2. The number of carboxylic acid groups (broad SMARTS) is 1. The van der Waals surface area contributed by atoms with Gasteiger partial charge in [0.15, 0.2) is 0 Å². The summed E-state index contributed by atoms with van der Waals surface area (Å²) in [4.78, 5) is 67.6. The Morgan fingerprint density at radius 3 is 2.14 bits per heavy atom. The highest BCUT2D eigenvalue weighted by Crippen LogP contribution is 2.11. The number of rotatable bonds is 13. The topological polar surface area (TPSA) is 243 Å². The number of aromatic amines is 1. The van der Waals surface area contributed by atoms with Crippen molar-refractivity contribution in [3.8, 4) is 5.75 Å². The fraction of sp³-hybridized carbons (Fsp3) is 0.364. The van der Waals surface area contributed by atoms with Gasteiger partial charge in [0, 0.05) is 18.3 Å². The molecule has 0 bridgehead atoms. The number of carbonyl (C=O) groups excluding carboxylic acids is 4. The summed E-state index contributed by atoms with van der Waals surface area (Å²) in [6, 6.07) is 0.960. The van der Waals surface area contributed by atoms with Crippen LogP contribution in [0.1, 0.15) is 24.6 Å². The van der Waals surface area contributed by atoms with E-state index >= 15 is 0 Å². The molecule has 0 aliphatic carbocycles. The molecular weight excluding hydrogens is 474 g/mol. The molecule has 0 fully saturated rings. The summed E-state index contributed by atoms with van der Waals surface area (Å²) in [5.74, 6) is -4.59. The maximum absolute atomic E-state index is 13.0. The number of phenolic OH excluding ortho intramolecular Hbond substituents is 1. The third kappa shape index (κ3) is 8.72. The van der Waals surface area contributed by atoms with Gasteiger partial charge in [-0.1, -0.05) is 12.1 Å². The van der Waals surface area contributed by atoms with E-state index in [0.29, 0.717) is 11.3 Å². The Labute approximate surface area is 205 Å². The summed E-state index contributed by atoms with van der Waals surface area (Å²) in [6.07, 6.45) is 2.19. The summed E-state index contributed by atoms with van der Waals surface area (Å²) in [5, 5.41) is 25.5. The van der Waals surface area contributed by atoms with Crippen LogP contribution in [-0.4, -0.2) is 73.9 Å². The highest BCUT2D eigenvalue weighted by atomic mass is 16.4. The van der Waals surface area contributed by atoms with E-state index in [-0.39, 0.29) is 18.6 Å². The molecule has 14 nitrogen and oxygen atoms in total. The minimum absolute atomic E-state index is 0.0430. The van der Waals surface area contributed by atoms with E-state index in [4.69, 9.17) is 16.6 Å². The van der Waals surface area contributed by atoms with Crippen molar-refractivity contribution in [3.05, 3.63) is 48.0 Å². The van der Waals surface area contributed by atoms with Crippen molar-refractivity contribution in [1.82, 2.24) is 25.9 Å². The average molecular weight is 504 g/mol. The second-order valence-corrected chi connectivity index (χ2v) is 8.12. The molecule has 0 spiro atoms. The second-order valence-electron chi connectivity index (χ2n) is 8.12. The van der Waals surface area contributed by atoms with Crippen LogP contribution in [0.4, 0.5) is 0 Å². The first-order chi connectivity index (χ1) is 17.0. The SMILES string of the molecule is CC(NC(=O)C(Cc1cnc[nH]1)NC(=O)C(CC(N)=O)NC(=O)C(N)Cc1ccc(O)cc1)C(=O)O. The Bertz CT molecular complexity index is 1070. The number of aromatic nitrogens is 2. The highest BCUT2D eigenvalue weighted by Gasteiger charge is 2.30. The number of primary amides is 1. The van der Waals surface area contributed by atoms with Crippen LogP contribution in [-0.2, 0) is 36.8 Å². The summed E-state index contributed by atoms with van der Waals surface area (Å²) in [7, 11) is 0. The van der Waals surface area contributed by atoms with Crippen LogP contribution in [0.5, 0.6) is 5.75 Å². The smallest absolute Gasteiger partial charge is 0.325 e. The average Bonchev–Trinajstić information content (AvgIpc) is 3.32. The van der Waals surface area contributed by atoms with Crippen LogP contribution < -0.4 is 27.4 Å². The van der Waals surface area contributed by atoms with E-state index in [9.17, 15) is 29.1 Å². The molecule has 0 aliphatic heterocycles. The number of nitrogens with one attached hydrogen (secondary N) is 4. The van der Waals surface area contributed by atoms with E-state index in [0.717, 1.165) is 0 Å². The molecule has 0 aliphatic rings. The molecule has 1 aromatic heterocycles. The van der Waals surface area contributed by atoms with Crippen molar-refractivity contribution in [2.45, 2.75) is 50.4 Å². The van der Waals surface area contributed by atoms with Gasteiger partial charge in [-0.25, -0.2) is 4.98 Å².